The number of alkyl halides is 3. The van der Waals surface area contributed by atoms with E-state index in [-0.39, 0.29) is 5.91 Å². The highest BCUT2D eigenvalue weighted by Gasteiger charge is 2.31. The molecule has 0 aliphatic carbocycles. The van der Waals surface area contributed by atoms with Gasteiger partial charge in [-0.3, -0.25) is 9.78 Å². The maximum absolute atomic E-state index is 13.2. The van der Waals surface area contributed by atoms with Gasteiger partial charge >= 0.3 is 6.18 Å². The van der Waals surface area contributed by atoms with Crippen LogP contribution >= 0.6 is 0 Å². The number of carbonyl (C=O) groups is 1. The van der Waals surface area contributed by atoms with Crippen LogP contribution in [0.15, 0.2) is 30.3 Å². The predicted octanol–water partition coefficient (Wildman–Crippen LogP) is 5.08. The molecular weight excluding hydrogens is 403 g/mol. The number of hydrogen-bond donors (Lipinski definition) is 0. The minimum atomic E-state index is -4.41. The first-order chi connectivity index (χ1) is 14.7. The van der Waals surface area contributed by atoms with Crippen molar-refractivity contribution in [3.63, 3.8) is 0 Å². The lowest BCUT2D eigenvalue weighted by molar-refractivity contribution is -0.137. The molecule has 2 aliphatic rings. The largest absolute Gasteiger partial charge is 0.416 e. The summed E-state index contributed by atoms with van der Waals surface area (Å²) < 4.78 is 39.2. The fourth-order valence-electron chi connectivity index (χ4n) is 4.86. The minimum absolute atomic E-state index is 0.0297. The van der Waals surface area contributed by atoms with E-state index >= 15 is 0 Å². The first-order valence-corrected chi connectivity index (χ1v) is 10.9. The molecule has 0 atom stereocenters. The monoisotopic (exact) mass is 431 g/mol. The number of aromatic nitrogens is 1. The Morgan fingerprint density at radius 1 is 1.03 bits per heavy atom. The van der Waals surface area contributed by atoms with Gasteiger partial charge in [-0.05, 0) is 76.4 Å². The summed E-state index contributed by atoms with van der Waals surface area (Å²) in [5.74, 6) is -0.0297. The number of aryl methyl sites for hydroxylation is 2. The van der Waals surface area contributed by atoms with Gasteiger partial charge in [-0.25, -0.2) is 0 Å². The highest BCUT2D eigenvalue weighted by molar-refractivity contribution is 5.97. The quantitative estimate of drug-likeness (QED) is 0.680. The van der Waals surface area contributed by atoms with E-state index in [1.54, 1.807) is 19.1 Å². The van der Waals surface area contributed by atoms with Crippen molar-refractivity contribution < 1.29 is 18.0 Å². The Labute approximate surface area is 181 Å². The van der Waals surface area contributed by atoms with Crippen molar-refractivity contribution in [2.24, 2.45) is 0 Å². The van der Waals surface area contributed by atoms with Gasteiger partial charge in [0, 0.05) is 24.7 Å². The fourth-order valence-corrected chi connectivity index (χ4v) is 4.86. The van der Waals surface area contributed by atoms with Crippen LogP contribution in [-0.2, 0) is 6.18 Å². The Kier molecular flexibility index (Phi) is 6.06. The molecule has 2 aromatic rings. The van der Waals surface area contributed by atoms with Gasteiger partial charge in [-0.2, -0.15) is 13.2 Å². The maximum atomic E-state index is 13.2. The average Bonchev–Trinajstić information content (AvgIpc) is 3.27. The van der Waals surface area contributed by atoms with Crippen molar-refractivity contribution in [2.75, 3.05) is 26.2 Å². The van der Waals surface area contributed by atoms with E-state index in [0.717, 1.165) is 56.7 Å². The van der Waals surface area contributed by atoms with Crippen LogP contribution in [0.4, 0.5) is 13.2 Å². The second-order valence-electron chi connectivity index (χ2n) is 8.63. The van der Waals surface area contributed by atoms with E-state index in [0.29, 0.717) is 28.6 Å². The minimum Gasteiger partial charge on any atom is -0.338 e. The number of rotatable bonds is 3. The highest BCUT2D eigenvalue weighted by atomic mass is 19.4. The molecule has 0 bridgehead atoms. The van der Waals surface area contributed by atoms with Crippen LogP contribution in [-0.4, -0.2) is 52.9 Å². The third-order valence-electron chi connectivity index (χ3n) is 6.51. The molecule has 1 amide bonds. The second-order valence-corrected chi connectivity index (χ2v) is 8.63. The molecule has 4 rings (SSSR count). The molecule has 3 heterocycles. The summed E-state index contributed by atoms with van der Waals surface area (Å²) in [4.78, 5) is 22.2. The van der Waals surface area contributed by atoms with Crippen LogP contribution in [0.25, 0.3) is 11.3 Å². The first-order valence-electron chi connectivity index (χ1n) is 10.9. The highest BCUT2D eigenvalue weighted by Crippen LogP contribution is 2.32. The van der Waals surface area contributed by atoms with Gasteiger partial charge in [0.15, 0.2) is 0 Å². The molecule has 2 aliphatic heterocycles. The molecule has 0 N–H and O–H groups in total. The van der Waals surface area contributed by atoms with Crippen molar-refractivity contribution in [1.82, 2.24) is 14.8 Å². The number of amides is 1. The molecule has 0 spiro atoms. The summed E-state index contributed by atoms with van der Waals surface area (Å²) in [6, 6.07) is 7.43. The van der Waals surface area contributed by atoms with Gasteiger partial charge in [0.05, 0.1) is 22.5 Å². The van der Waals surface area contributed by atoms with Crippen molar-refractivity contribution in [1.29, 1.82) is 0 Å². The topological polar surface area (TPSA) is 36.4 Å². The third kappa shape index (κ3) is 4.61. The van der Waals surface area contributed by atoms with Crippen LogP contribution < -0.4 is 0 Å². The molecule has 31 heavy (non-hydrogen) atoms. The number of halogens is 3. The average molecular weight is 432 g/mol. The van der Waals surface area contributed by atoms with Gasteiger partial charge in [0.2, 0.25) is 0 Å². The van der Waals surface area contributed by atoms with Crippen LogP contribution in [0.1, 0.15) is 52.9 Å². The zero-order valence-corrected chi connectivity index (χ0v) is 18.0. The van der Waals surface area contributed by atoms with Crippen molar-refractivity contribution in [2.45, 2.75) is 51.7 Å². The number of piperidine rings is 1. The number of benzene rings is 1. The second kappa shape index (κ2) is 8.61. The number of hydrogen-bond acceptors (Lipinski definition) is 3. The van der Waals surface area contributed by atoms with Gasteiger partial charge in [-0.15, -0.1) is 0 Å². The van der Waals surface area contributed by atoms with Crippen LogP contribution in [0, 0.1) is 13.8 Å². The molecule has 0 radical (unpaired) electrons. The Balaban J connectivity index is 1.52. The summed E-state index contributed by atoms with van der Waals surface area (Å²) in [5, 5.41) is 0. The molecule has 0 saturated carbocycles. The Morgan fingerprint density at radius 3 is 2.32 bits per heavy atom. The smallest absolute Gasteiger partial charge is 0.338 e. The van der Waals surface area contributed by atoms with E-state index in [2.05, 4.69) is 9.88 Å². The summed E-state index contributed by atoms with van der Waals surface area (Å²) in [6.07, 6.45) is 0.0964. The molecular formula is C24H28F3N3O. The molecule has 2 fully saturated rings. The Bertz CT molecular complexity index is 936. The van der Waals surface area contributed by atoms with Crippen molar-refractivity contribution >= 4 is 5.91 Å². The molecule has 4 nitrogen and oxygen atoms in total. The zero-order chi connectivity index (χ0) is 22.2. The normalized spacial score (nSPS) is 18.5. The number of likely N-dealkylation sites (tertiary alicyclic amines) is 2. The van der Waals surface area contributed by atoms with Gasteiger partial charge < -0.3 is 9.80 Å². The molecule has 7 heteroatoms. The standard InChI is InChI=1S/C24H28F3N3O/c1-16-14-21(18-6-5-7-19(15-18)24(25,26)27)28-17(2)22(16)23(31)30-12-8-20(9-13-30)29-10-3-4-11-29/h5-7,14-15,20H,3-4,8-13H2,1-2H3. The predicted molar refractivity (Wildman–Crippen MR) is 114 cm³/mol. The summed E-state index contributed by atoms with van der Waals surface area (Å²) in [6.45, 7) is 7.38. The van der Waals surface area contributed by atoms with Crippen LogP contribution in [0.2, 0.25) is 0 Å². The lowest BCUT2D eigenvalue weighted by Crippen LogP contribution is -2.46. The first kappa shape index (κ1) is 21.8. The summed E-state index contributed by atoms with van der Waals surface area (Å²) in [7, 11) is 0. The lowest BCUT2D eigenvalue weighted by Gasteiger charge is -2.37. The molecule has 0 unspecified atom stereocenters. The molecule has 166 valence electrons. The third-order valence-corrected chi connectivity index (χ3v) is 6.51. The number of nitrogens with zero attached hydrogens (tertiary/aromatic N) is 3. The van der Waals surface area contributed by atoms with E-state index in [4.69, 9.17) is 0 Å². The van der Waals surface area contributed by atoms with Gasteiger partial charge in [0.25, 0.3) is 5.91 Å². The summed E-state index contributed by atoms with van der Waals surface area (Å²) in [5.41, 5.74) is 2.00. The van der Waals surface area contributed by atoms with Crippen molar-refractivity contribution in [3.05, 3.63) is 52.7 Å². The zero-order valence-electron chi connectivity index (χ0n) is 18.0. The molecule has 2 saturated heterocycles. The molecule has 1 aromatic carbocycles. The Morgan fingerprint density at radius 2 is 1.71 bits per heavy atom. The van der Waals surface area contributed by atoms with E-state index in [9.17, 15) is 18.0 Å². The SMILES string of the molecule is Cc1cc(-c2cccc(C(F)(F)F)c2)nc(C)c1C(=O)N1CCC(N2CCCC2)CC1. The van der Waals surface area contributed by atoms with Gasteiger partial charge in [0.1, 0.15) is 0 Å². The van der Waals surface area contributed by atoms with Crippen molar-refractivity contribution in [3.8, 4) is 11.3 Å². The molecule has 1 aromatic heterocycles. The van der Waals surface area contributed by atoms with Crippen LogP contribution in [0.5, 0.6) is 0 Å². The lowest BCUT2D eigenvalue weighted by atomic mass is 9.99. The van der Waals surface area contributed by atoms with Crippen LogP contribution in [0.3, 0.4) is 0 Å². The van der Waals surface area contributed by atoms with E-state index in [1.807, 2.05) is 11.8 Å². The fraction of sp³-hybridized carbons (Fsp3) is 0.500. The van der Waals surface area contributed by atoms with E-state index in [1.165, 1.54) is 18.9 Å². The Hall–Kier alpha value is -2.41. The summed E-state index contributed by atoms with van der Waals surface area (Å²) >= 11 is 0. The maximum Gasteiger partial charge on any atom is 0.416 e. The number of pyridine rings is 1. The van der Waals surface area contributed by atoms with Gasteiger partial charge in [-0.1, -0.05) is 12.1 Å². The van der Waals surface area contributed by atoms with E-state index < -0.39 is 11.7 Å². The number of carbonyl (C=O) groups excluding carboxylic acids is 1.